The topological polar surface area (TPSA) is 0 Å². The molecule has 6 heavy (non-hydrogen) atoms. The molecule has 0 saturated carbocycles. The van der Waals surface area contributed by atoms with Gasteiger partial charge in [0.05, 0.1) is 0 Å². The third kappa shape index (κ3) is 8.82. The van der Waals surface area contributed by atoms with E-state index >= 15 is 0 Å². The summed E-state index contributed by atoms with van der Waals surface area (Å²) < 4.78 is 0. The average molecular weight is 94.1 g/mol. The fraction of sp³-hybridized carbons (Fsp3) is 0.500. The summed E-state index contributed by atoms with van der Waals surface area (Å²) in [5.41, 5.74) is 0. The molecule has 0 atom stereocenters. The first kappa shape index (κ1) is 9.85. The second kappa shape index (κ2) is 9.19. The minimum Gasteiger partial charge on any atom is -0.789 e. The summed E-state index contributed by atoms with van der Waals surface area (Å²) in [6.45, 7) is 1.96. The van der Waals surface area contributed by atoms with Gasteiger partial charge >= 0.3 is 18.9 Å². The van der Waals surface area contributed by atoms with Gasteiger partial charge in [-0.3, -0.25) is 0 Å². The van der Waals surface area contributed by atoms with Gasteiger partial charge in [-0.1, -0.05) is 6.08 Å². The molecule has 0 amide bonds. The number of rotatable bonds is 1. The standard InChI is InChI=1S/C4H8S.Li/c1-2-3-4-5;/h2-3,5H,4H2,1H3;/q;+1/p-1. The van der Waals surface area contributed by atoms with Gasteiger partial charge in [-0.2, -0.15) is 5.75 Å². The Morgan fingerprint density at radius 2 is 2.17 bits per heavy atom. The Kier molecular flexibility index (Phi) is 15.1. The first-order chi connectivity index (χ1) is 2.41. The molecule has 0 aromatic rings. The van der Waals surface area contributed by atoms with Crippen LogP contribution >= 0.6 is 0 Å². The van der Waals surface area contributed by atoms with Gasteiger partial charge in [-0.05, 0) is 6.92 Å². The van der Waals surface area contributed by atoms with Gasteiger partial charge in [0, 0.05) is 0 Å². The molecular weight excluding hydrogens is 87.1 g/mol. The van der Waals surface area contributed by atoms with Crippen LogP contribution in [0, 0.1) is 0 Å². The van der Waals surface area contributed by atoms with Crippen LogP contribution in [0.4, 0.5) is 0 Å². The molecule has 0 aromatic carbocycles. The maximum atomic E-state index is 4.56. The minimum atomic E-state index is 0. The van der Waals surface area contributed by atoms with Crippen molar-refractivity contribution in [2.75, 3.05) is 5.75 Å². The van der Waals surface area contributed by atoms with Crippen molar-refractivity contribution in [3.63, 3.8) is 0 Å². The van der Waals surface area contributed by atoms with E-state index in [9.17, 15) is 0 Å². The van der Waals surface area contributed by atoms with Gasteiger partial charge in [0.15, 0.2) is 0 Å². The van der Waals surface area contributed by atoms with Crippen molar-refractivity contribution >= 4 is 12.6 Å². The van der Waals surface area contributed by atoms with Crippen LogP contribution in [0.1, 0.15) is 6.92 Å². The fourth-order valence-electron chi connectivity index (χ4n) is 0.0962. The predicted octanol–water partition coefficient (Wildman–Crippen LogP) is -1.89. The second-order valence-electron chi connectivity index (χ2n) is 0.736. The Morgan fingerprint density at radius 1 is 1.67 bits per heavy atom. The molecule has 0 aliphatic rings. The Balaban J connectivity index is 0. The van der Waals surface area contributed by atoms with E-state index in [1.165, 1.54) is 0 Å². The molecule has 0 nitrogen and oxygen atoms in total. The van der Waals surface area contributed by atoms with E-state index in [0.717, 1.165) is 5.75 Å². The first-order valence-corrected chi connectivity index (χ1v) is 2.18. The van der Waals surface area contributed by atoms with Gasteiger partial charge in [-0.15, -0.1) is 6.08 Å². The van der Waals surface area contributed by atoms with Gasteiger partial charge < -0.3 is 12.6 Å². The molecule has 0 heterocycles. The molecule has 0 aliphatic carbocycles. The summed E-state index contributed by atoms with van der Waals surface area (Å²) in [5, 5.41) is 0. The zero-order valence-electron chi connectivity index (χ0n) is 4.27. The molecule has 0 saturated heterocycles. The van der Waals surface area contributed by atoms with Crippen LogP contribution in [-0.2, 0) is 12.6 Å². The molecular formula is C4H7LiS. The molecule has 0 spiro atoms. The molecule has 30 valence electrons. The Hall–Kier alpha value is 0.687. The van der Waals surface area contributed by atoms with Crippen molar-refractivity contribution in [1.29, 1.82) is 0 Å². The average Bonchev–Trinajstić information content (AvgIpc) is 1.41. The van der Waals surface area contributed by atoms with E-state index in [2.05, 4.69) is 12.6 Å². The maximum Gasteiger partial charge on any atom is 1.00 e. The normalized spacial score (nSPS) is 8.33. The predicted molar refractivity (Wildman–Crippen MR) is 27.0 cm³/mol. The zero-order valence-corrected chi connectivity index (χ0v) is 5.09. The molecule has 0 aliphatic heterocycles. The van der Waals surface area contributed by atoms with Gasteiger partial charge in [0.1, 0.15) is 0 Å². The van der Waals surface area contributed by atoms with E-state index < -0.39 is 0 Å². The minimum absolute atomic E-state index is 0. The summed E-state index contributed by atoms with van der Waals surface area (Å²) in [6, 6.07) is 0. The summed E-state index contributed by atoms with van der Waals surface area (Å²) in [5.74, 6) is 0.747. The molecule has 0 bridgehead atoms. The molecule has 2 heteroatoms. The quantitative estimate of drug-likeness (QED) is 0.208. The van der Waals surface area contributed by atoms with Crippen LogP contribution in [0.3, 0.4) is 0 Å². The van der Waals surface area contributed by atoms with Crippen molar-refractivity contribution in [3.8, 4) is 0 Å². The maximum absolute atomic E-state index is 4.56. The van der Waals surface area contributed by atoms with E-state index in [1.807, 2.05) is 19.1 Å². The Bertz CT molecular complexity index is 34.5. The van der Waals surface area contributed by atoms with Gasteiger partial charge in [-0.25, -0.2) is 0 Å². The third-order valence-electron chi connectivity index (χ3n) is 0.332. The van der Waals surface area contributed by atoms with Crippen LogP contribution < -0.4 is 18.9 Å². The zero-order chi connectivity index (χ0) is 4.12. The van der Waals surface area contributed by atoms with Crippen LogP contribution in [0.15, 0.2) is 12.2 Å². The van der Waals surface area contributed by atoms with E-state index in [4.69, 9.17) is 0 Å². The van der Waals surface area contributed by atoms with Crippen LogP contribution in [0.5, 0.6) is 0 Å². The van der Waals surface area contributed by atoms with Gasteiger partial charge in [0.25, 0.3) is 0 Å². The molecule has 0 rings (SSSR count). The van der Waals surface area contributed by atoms with Crippen molar-refractivity contribution < 1.29 is 18.9 Å². The van der Waals surface area contributed by atoms with Crippen molar-refractivity contribution in [1.82, 2.24) is 0 Å². The van der Waals surface area contributed by atoms with E-state index in [1.54, 1.807) is 0 Å². The summed E-state index contributed by atoms with van der Waals surface area (Å²) in [6.07, 6.45) is 3.89. The largest absolute Gasteiger partial charge is 1.00 e. The molecule has 0 radical (unpaired) electrons. The fourth-order valence-corrected chi connectivity index (χ4v) is 0.289. The SMILES string of the molecule is CC=CC[S-].[Li+]. The molecule has 0 N–H and O–H groups in total. The molecule has 0 fully saturated rings. The second-order valence-corrected chi connectivity index (χ2v) is 1.07. The molecule has 0 aromatic heterocycles. The number of allylic oxidation sites excluding steroid dienone is 1. The number of hydrogen-bond donors (Lipinski definition) is 0. The van der Waals surface area contributed by atoms with Crippen LogP contribution in [-0.4, -0.2) is 5.75 Å². The summed E-state index contributed by atoms with van der Waals surface area (Å²) in [7, 11) is 0. The van der Waals surface area contributed by atoms with Crippen LogP contribution in [0.2, 0.25) is 0 Å². The summed E-state index contributed by atoms with van der Waals surface area (Å²) >= 11 is 4.56. The van der Waals surface area contributed by atoms with Crippen LogP contribution in [0.25, 0.3) is 0 Å². The van der Waals surface area contributed by atoms with Crippen molar-refractivity contribution in [2.24, 2.45) is 0 Å². The van der Waals surface area contributed by atoms with Gasteiger partial charge in [0.2, 0.25) is 0 Å². The van der Waals surface area contributed by atoms with Crippen molar-refractivity contribution in [2.45, 2.75) is 6.92 Å². The monoisotopic (exact) mass is 94.0 g/mol. The Labute approximate surface area is 56.6 Å². The van der Waals surface area contributed by atoms with E-state index in [0.29, 0.717) is 0 Å². The Morgan fingerprint density at radius 3 is 2.17 bits per heavy atom. The summed E-state index contributed by atoms with van der Waals surface area (Å²) in [4.78, 5) is 0. The first-order valence-electron chi connectivity index (χ1n) is 1.61. The smallest absolute Gasteiger partial charge is 0.789 e. The molecule has 0 unspecified atom stereocenters. The van der Waals surface area contributed by atoms with E-state index in [-0.39, 0.29) is 18.9 Å². The number of hydrogen-bond acceptors (Lipinski definition) is 1. The van der Waals surface area contributed by atoms with Crippen molar-refractivity contribution in [3.05, 3.63) is 12.2 Å². The third-order valence-corrected chi connectivity index (χ3v) is 0.524.